The highest BCUT2D eigenvalue weighted by Crippen LogP contribution is 2.20. The van der Waals surface area contributed by atoms with Gasteiger partial charge in [0, 0.05) is 5.57 Å². The fourth-order valence-corrected chi connectivity index (χ4v) is 2.54. The van der Waals surface area contributed by atoms with Crippen LogP contribution in [0.25, 0.3) is 0 Å². The Labute approximate surface area is 167 Å². The summed E-state index contributed by atoms with van der Waals surface area (Å²) >= 11 is 0. The van der Waals surface area contributed by atoms with Crippen molar-refractivity contribution in [2.45, 2.75) is 27.2 Å². The van der Waals surface area contributed by atoms with Gasteiger partial charge in [-0.05, 0) is 56.7 Å². The summed E-state index contributed by atoms with van der Waals surface area (Å²) in [5.41, 5.74) is 4.11. The zero-order valence-electron chi connectivity index (χ0n) is 16.6. The van der Waals surface area contributed by atoms with Crippen LogP contribution in [0, 0.1) is 13.8 Å². The Morgan fingerprint density at radius 1 is 0.786 bits per heavy atom. The molecular weight excluding hydrogens is 346 g/mol. The van der Waals surface area contributed by atoms with Gasteiger partial charge >= 0.3 is 0 Å². The predicted octanol–water partition coefficient (Wildman–Crippen LogP) is 6.79. The summed E-state index contributed by atoms with van der Waals surface area (Å²) in [6.07, 6.45) is 2.45. The summed E-state index contributed by atoms with van der Waals surface area (Å²) in [6, 6.07) is 25.7. The third-order valence-corrected chi connectivity index (χ3v) is 4.24. The number of para-hydroxylation sites is 1. The second-order valence-electron chi connectivity index (χ2n) is 6.60. The molecule has 3 aromatic rings. The van der Waals surface area contributed by atoms with Crippen molar-refractivity contribution in [1.29, 1.82) is 0 Å². The summed E-state index contributed by atoms with van der Waals surface area (Å²) in [5, 5.41) is 0. The van der Waals surface area contributed by atoms with E-state index in [1.807, 2.05) is 78.9 Å². The average Bonchev–Trinajstić information content (AvgIpc) is 2.72. The van der Waals surface area contributed by atoms with Crippen molar-refractivity contribution in [3.8, 4) is 11.5 Å². The predicted molar refractivity (Wildman–Crippen MR) is 116 cm³/mol. The first kappa shape index (κ1) is 19.4. The topological polar surface area (TPSA) is 30.8 Å². The monoisotopic (exact) mass is 371 g/mol. The van der Waals surface area contributed by atoms with E-state index in [4.69, 9.17) is 14.5 Å². The molecule has 0 aliphatic carbocycles. The van der Waals surface area contributed by atoms with E-state index in [1.165, 1.54) is 11.1 Å². The van der Waals surface area contributed by atoms with Gasteiger partial charge in [-0.15, -0.1) is 0 Å². The van der Waals surface area contributed by atoms with Crippen molar-refractivity contribution < 1.29 is 9.47 Å². The van der Waals surface area contributed by atoms with Gasteiger partial charge in [0.15, 0.2) is 0 Å². The van der Waals surface area contributed by atoms with E-state index >= 15 is 0 Å². The van der Waals surface area contributed by atoms with Gasteiger partial charge in [0.2, 0.25) is 5.90 Å². The molecule has 0 radical (unpaired) electrons. The molecule has 0 atom stereocenters. The van der Waals surface area contributed by atoms with E-state index < -0.39 is 0 Å². The highest BCUT2D eigenvalue weighted by atomic mass is 16.5. The Morgan fingerprint density at radius 2 is 1.39 bits per heavy atom. The number of aliphatic imine (C=N–C) groups is 1. The smallest absolute Gasteiger partial charge is 0.226 e. The van der Waals surface area contributed by atoms with Gasteiger partial charge in [-0.1, -0.05) is 60.5 Å². The van der Waals surface area contributed by atoms with Gasteiger partial charge in [0.05, 0.1) is 11.9 Å². The van der Waals surface area contributed by atoms with E-state index in [0.29, 0.717) is 5.90 Å². The van der Waals surface area contributed by atoms with Gasteiger partial charge in [-0.2, -0.15) is 0 Å². The normalized spacial score (nSPS) is 12.0. The maximum absolute atomic E-state index is 6.11. The van der Waals surface area contributed by atoms with Crippen molar-refractivity contribution in [1.82, 2.24) is 0 Å². The Balaban J connectivity index is 1.91. The number of benzene rings is 3. The van der Waals surface area contributed by atoms with Crippen molar-refractivity contribution in [2.75, 3.05) is 0 Å². The Morgan fingerprint density at radius 3 is 2.00 bits per heavy atom. The van der Waals surface area contributed by atoms with Crippen LogP contribution in [0.4, 0.5) is 5.69 Å². The molecule has 0 aliphatic rings. The standard InChI is InChI=1S/C25H25NO2/c1-4-21(18-27-23-16-12-20(3)13-17-23)25(28-24-8-6-5-7-9-24)26-22-14-10-19(2)11-15-22/h5-18H,4H2,1-3H3/b21-18+,26-25-. The fraction of sp³-hybridized carbons (Fsp3) is 0.160. The van der Waals surface area contributed by atoms with E-state index in [1.54, 1.807) is 6.26 Å². The number of ether oxygens (including phenoxy) is 2. The van der Waals surface area contributed by atoms with Gasteiger partial charge in [0.25, 0.3) is 0 Å². The largest absolute Gasteiger partial charge is 0.465 e. The van der Waals surface area contributed by atoms with Gasteiger partial charge in [-0.25, -0.2) is 4.99 Å². The molecule has 3 heteroatoms. The molecule has 0 spiro atoms. The van der Waals surface area contributed by atoms with E-state index in [2.05, 4.69) is 20.8 Å². The molecule has 0 saturated heterocycles. The molecule has 28 heavy (non-hydrogen) atoms. The van der Waals surface area contributed by atoms with Crippen LogP contribution in [0.1, 0.15) is 24.5 Å². The second kappa shape index (κ2) is 9.56. The molecule has 0 aromatic heterocycles. The van der Waals surface area contributed by atoms with Crippen LogP contribution in [-0.4, -0.2) is 5.90 Å². The first-order valence-corrected chi connectivity index (χ1v) is 9.45. The minimum atomic E-state index is 0.532. The Bertz CT molecular complexity index is 940. The zero-order chi connectivity index (χ0) is 19.8. The van der Waals surface area contributed by atoms with Crippen molar-refractivity contribution >= 4 is 11.6 Å². The molecule has 3 aromatic carbocycles. The van der Waals surface area contributed by atoms with Gasteiger partial charge < -0.3 is 9.47 Å². The van der Waals surface area contributed by atoms with Gasteiger partial charge in [0.1, 0.15) is 11.5 Å². The van der Waals surface area contributed by atoms with Crippen LogP contribution in [0.2, 0.25) is 0 Å². The number of hydrogen-bond donors (Lipinski definition) is 0. The lowest BCUT2D eigenvalue weighted by Gasteiger charge is -2.12. The van der Waals surface area contributed by atoms with Gasteiger partial charge in [-0.3, -0.25) is 0 Å². The lowest BCUT2D eigenvalue weighted by Crippen LogP contribution is -2.12. The lowest BCUT2D eigenvalue weighted by molar-refractivity contribution is 0.471. The maximum atomic E-state index is 6.11. The molecule has 3 nitrogen and oxygen atoms in total. The van der Waals surface area contributed by atoms with E-state index in [0.717, 1.165) is 29.2 Å². The molecule has 0 heterocycles. The third-order valence-electron chi connectivity index (χ3n) is 4.24. The number of nitrogens with zero attached hydrogens (tertiary/aromatic N) is 1. The number of rotatable bonds is 6. The maximum Gasteiger partial charge on any atom is 0.226 e. The van der Waals surface area contributed by atoms with E-state index in [-0.39, 0.29) is 0 Å². The summed E-state index contributed by atoms with van der Waals surface area (Å²) in [7, 11) is 0. The summed E-state index contributed by atoms with van der Waals surface area (Å²) in [5.74, 6) is 2.05. The number of hydrogen-bond acceptors (Lipinski definition) is 3. The molecular formula is C25H25NO2. The minimum absolute atomic E-state index is 0.532. The van der Waals surface area contributed by atoms with Crippen molar-refractivity contribution in [3.63, 3.8) is 0 Å². The van der Waals surface area contributed by atoms with Crippen molar-refractivity contribution in [2.24, 2.45) is 4.99 Å². The molecule has 0 N–H and O–H groups in total. The Hall–Kier alpha value is -3.33. The second-order valence-corrected chi connectivity index (χ2v) is 6.60. The molecule has 0 fully saturated rings. The summed E-state index contributed by atoms with van der Waals surface area (Å²) in [4.78, 5) is 4.74. The van der Waals surface area contributed by atoms with Crippen LogP contribution in [0.15, 0.2) is 95.7 Å². The molecule has 0 amide bonds. The third kappa shape index (κ3) is 5.58. The van der Waals surface area contributed by atoms with E-state index in [9.17, 15) is 0 Å². The molecule has 0 saturated carbocycles. The van der Waals surface area contributed by atoms with Crippen LogP contribution >= 0.6 is 0 Å². The molecule has 0 unspecified atom stereocenters. The molecule has 0 aliphatic heterocycles. The quantitative estimate of drug-likeness (QED) is 0.271. The highest BCUT2D eigenvalue weighted by molar-refractivity contribution is 5.96. The van der Waals surface area contributed by atoms with Crippen LogP contribution in [0.5, 0.6) is 11.5 Å². The zero-order valence-corrected chi connectivity index (χ0v) is 16.6. The number of aryl methyl sites for hydroxylation is 2. The highest BCUT2D eigenvalue weighted by Gasteiger charge is 2.10. The fourth-order valence-electron chi connectivity index (χ4n) is 2.54. The Kier molecular flexibility index (Phi) is 6.64. The minimum Gasteiger partial charge on any atom is -0.465 e. The van der Waals surface area contributed by atoms with Crippen LogP contribution in [-0.2, 0) is 0 Å². The SMILES string of the molecule is CCC(=C\Oc1ccc(C)cc1)/C(=N/c1ccc(C)cc1)Oc1ccccc1. The first-order valence-electron chi connectivity index (χ1n) is 9.45. The van der Waals surface area contributed by atoms with Crippen molar-refractivity contribution in [3.05, 3.63) is 102 Å². The first-order chi connectivity index (χ1) is 13.6. The average molecular weight is 371 g/mol. The van der Waals surface area contributed by atoms with Crippen LogP contribution in [0.3, 0.4) is 0 Å². The lowest BCUT2D eigenvalue weighted by atomic mass is 10.2. The summed E-state index contributed by atoms with van der Waals surface area (Å²) in [6.45, 7) is 6.17. The molecule has 142 valence electrons. The molecule has 3 rings (SSSR count). The van der Waals surface area contributed by atoms with Crippen LogP contribution < -0.4 is 9.47 Å². The summed E-state index contributed by atoms with van der Waals surface area (Å²) < 4.78 is 12.0. The molecule has 0 bridgehead atoms.